The van der Waals surface area contributed by atoms with Crippen LogP contribution in [0.1, 0.15) is 31.0 Å². The number of hydrogen-bond acceptors (Lipinski definition) is 2. The molecule has 2 rings (SSSR count). The van der Waals surface area contributed by atoms with E-state index >= 15 is 0 Å². The number of carbonyl (C=O) groups excluding carboxylic acids is 2. The predicted molar refractivity (Wildman–Crippen MR) is 95.8 cm³/mol. The van der Waals surface area contributed by atoms with Gasteiger partial charge in [0.15, 0.2) is 11.6 Å². The van der Waals surface area contributed by atoms with Crippen molar-refractivity contribution in [3.63, 3.8) is 0 Å². The van der Waals surface area contributed by atoms with E-state index in [1.165, 1.54) is 6.07 Å². The Hall–Kier alpha value is -2.96. The van der Waals surface area contributed by atoms with Crippen LogP contribution in [0.3, 0.4) is 0 Å². The molecule has 0 spiro atoms. The summed E-state index contributed by atoms with van der Waals surface area (Å²) in [4.78, 5) is 23.9. The molecule has 1 atom stereocenters. The van der Waals surface area contributed by atoms with E-state index in [1.54, 1.807) is 13.0 Å². The van der Waals surface area contributed by atoms with Gasteiger partial charge in [-0.05, 0) is 42.7 Å². The van der Waals surface area contributed by atoms with Gasteiger partial charge in [0.25, 0.3) is 0 Å². The van der Waals surface area contributed by atoms with E-state index in [9.17, 15) is 18.4 Å². The van der Waals surface area contributed by atoms with Crippen LogP contribution in [0.15, 0.2) is 42.5 Å². The van der Waals surface area contributed by atoms with Crippen molar-refractivity contribution < 1.29 is 18.4 Å². The highest BCUT2D eigenvalue weighted by molar-refractivity contribution is 5.94. The minimum absolute atomic E-state index is 0.214. The van der Waals surface area contributed by atoms with E-state index in [0.717, 1.165) is 24.1 Å². The summed E-state index contributed by atoms with van der Waals surface area (Å²) in [6.07, 6.45) is 0.774. The zero-order valence-electron chi connectivity index (χ0n) is 14.6. The summed E-state index contributed by atoms with van der Waals surface area (Å²) < 4.78 is 26.2. The van der Waals surface area contributed by atoms with Crippen molar-refractivity contribution in [3.05, 3.63) is 65.2 Å². The number of carbonyl (C=O) groups is 2. The van der Waals surface area contributed by atoms with Crippen LogP contribution in [-0.4, -0.2) is 18.5 Å². The minimum Gasteiger partial charge on any atom is -0.332 e. The van der Waals surface area contributed by atoms with Gasteiger partial charge in [0.1, 0.15) is 0 Å². The molecule has 2 aromatic carbocycles. The molecule has 26 heavy (non-hydrogen) atoms. The van der Waals surface area contributed by atoms with Crippen LogP contribution >= 0.6 is 0 Å². The molecule has 0 aliphatic carbocycles. The lowest BCUT2D eigenvalue weighted by Gasteiger charge is -2.15. The van der Waals surface area contributed by atoms with Gasteiger partial charge in [-0.25, -0.2) is 13.6 Å². The monoisotopic (exact) mass is 361 g/mol. The van der Waals surface area contributed by atoms with Crippen LogP contribution in [0.25, 0.3) is 0 Å². The Kier molecular flexibility index (Phi) is 6.66. The standard InChI is InChI=1S/C19H21F2N3O2/c1-3-13-6-4-5-7-17(13)24-18(25)11-22-19(26)23-12(2)14-8-9-15(20)16(21)10-14/h4-10,12H,3,11H2,1-2H3,(H,24,25)(H2,22,23,26). The molecule has 0 radical (unpaired) electrons. The van der Waals surface area contributed by atoms with Crippen molar-refractivity contribution in [3.8, 4) is 0 Å². The first-order valence-electron chi connectivity index (χ1n) is 8.27. The van der Waals surface area contributed by atoms with Gasteiger partial charge in [-0.3, -0.25) is 4.79 Å². The first kappa shape index (κ1) is 19.4. The fourth-order valence-electron chi connectivity index (χ4n) is 2.42. The molecule has 0 saturated carbocycles. The minimum atomic E-state index is -0.981. The summed E-state index contributed by atoms with van der Waals surface area (Å²) in [5.74, 6) is -2.29. The molecular weight excluding hydrogens is 340 g/mol. The van der Waals surface area contributed by atoms with E-state index in [-0.39, 0.29) is 12.5 Å². The smallest absolute Gasteiger partial charge is 0.315 e. The topological polar surface area (TPSA) is 70.2 Å². The van der Waals surface area contributed by atoms with Crippen LogP contribution in [0.2, 0.25) is 0 Å². The summed E-state index contributed by atoms with van der Waals surface area (Å²) in [5.41, 5.74) is 2.12. The number of urea groups is 1. The zero-order valence-corrected chi connectivity index (χ0v) is 14.6. The molecule has 0 aromatic heterocycles. The molecule has 5 nitrogen and oxygen atoms in total. The first-order chi connectivity index (χ1) is 12.4. The van der Waals surface area contributed by atoms with Gasteiger partial charge in [0.2, 0.25) is 5.91 Å². The molecule has 0 aliphatic heterocycles. The molecule has 0 heterocycles. The quantitative estimate of drug-likeness (QED) is 0.737. The molecule has 3 N–H and O–H groups in total. The van der Waals surface area contributed by atoms with E-state index in [1.807, 2.05) is 25.1 Å². The number of amides is 3. The lowest BCUT2D eigenvalue weighted by atomic mass is 10.1. The fourth-order valence-corrected chi connectivity index (χ4v) is 2.42. The Morgan fingerprint density at radius 2 is 1.81 bits per heavy atom. The zero-order chi connectivity index (χ0) is 19.1. The second-order valence-electron chi connectivity index (χ2n) is 5.78. The number of anilines is 1. The van der Waals surface area contributed by atoms with Crippen LogP contribution in [0.4, 0.5) is 19.3 Å². The van der Waals surface area contributed by atoms with Crippen LogP contribution in [-0.2, 0) is 11.2 Å². The maximum Gasteiger partial charge on any atom is 0.315 e. The number of benzene rings is 2. The summed E-state index contributed by atoms with van der Waals surface area (Å²) in [6, 6.07) is 9.70. The average molecular weight is 361 g/mol. The first-order valence-corrected chi connectivity index (χ1v) is 8.27. The number of hydrogen-bond donors (Lipinski definition) is 3. The summed E-state index contributed by atoms with van der Waals surface area (Å²) in [6.45, 7) is 3.40. The maximum atomic E-state index is 13.2. The van der Waals surface area contributed by atoms with E-state index in [0.29, 0.717) is 11.3 Å². The lowest BCUT2D eigenvalue weighted by Crippen LogP contribution is -2.41. The second kappa shape index (κ2) is 8.94. The molecule has 0 fully saturated rings. The number of halogens is 2. The third kappa shape index (κ3) is 5.27. The van der Waals surface area contributed by atoms with Crippen molar-refractivity contribution >= 4 is 17.6 Å². The van der Waals surface area contributed by atoms with Gasteiger partial charge < -0.3 is 16.0 Å². The van der Waals surface area contributed by atoms with Crippen molar-refractivity contribution in [2.75, 3.05) is 11.9 Å². The molecule has 0 saturated heterocycles. The Morgan fingerprint density at radius 1 is 1.08 bits per heavy atom. The van der Waals surface area contributed by atoms with Crippen LogP contribution in [0.5, 0.6) is 0 Å². The van der Waals surface area contributed by atoms with Gasteiger partial charge in [-0.1, -0.05) is 31.2 Å². The van der Waals surface area contributed by atoms with Gasteiger partial charge >= 0.3 is 6.03 Å². The van der Waals surface area contributed by atoms with Crippen molar-refractivity contribution in [2.24, 2.45) is 0 Å². The van der Waals surface area contributed by atoms with Crippen LogP contribution < -0.4 is 16.0 Å². The Balaban J connectivity index is 1.84. The van der Waals surface area contributed by atoms with Crippen molar-refractivity contribution in [1.29, 1.82) is 0 Å². The normalized spacial score (nSPS) is 11.5. The van der Waals surface area contributed by atoms with Crippen molar-refractivity contribution in [1.82, 2.24) is 10.6 Å². The molecule has 138 valence electrons. The van der Waals surface area contributed by atoms with Gasteiger partial charge in [0, 0.05) is 5.69 Å². The molecule has 0 bridgehead atoms. The maximum absolute atomic E-state index is 13.2. The third-order valence-corrected chi connectivity index (χ3v) is 3.87. The molecule has 3 amide bonds. The van der Waals surface area contributed by atoms with Gasteiger partial charge in [-0.15, -0.1) is 0 Å². The third-order valence-electron chi connectivity index (χ3n) is 3.87. The Morgan fingerprint density at radius 3 is 2.50 bits per heavy atom. The number of nitrogens with one attached hydrogen (secondary N) is 3. The molecule has 7 heteroatoms. The van der Waals surface area contributed by atoms with Gasteiger partial charge in [-0.2, -0.15) is 0 Å². The highest BCUT2D eigenvalue weighted by atomic mass is 19.2. The molecule has 0 aliphatic rings. The van der Waals surface area contributed by atoms with E-state index in [4.69, 9.17) is 0 Å². The molecule has 2 aromatic rings. The van der Waals surface area contributed by atoms with Crippen molar-refractivity contribution in [2.45, 2.75) is 26.3 Å². The van der Waals surface area contributed by atoms with Gasteiger partial charge in [0.05, 0.1) is 12.6 Å². The largest absolute Gasteiger partial charge is 0.332 e. The average Bonchev–Trinajstić information content (AvgIpc) is 2.62. The highest BCUT2D eigenvalue weighted by Crippen LogP contribution is 2.16. The lowest BCUT2D eigenvalue weighted by molar-refractivity contribution is -0.115. The number of rotatable bonds is 6. The SMILES string of the molecule is CCc1ccccc1NC(=O)CNC(=O)NC(C)c1ccc(F)c(F)c1. The summed E-state index contributed by atoms with van der Waals surface area (Å²) in [7, 11) is 0. The fraction of sp³-hybridized carbons (Fsp3) is 0.263. The van der Waals surface area contributed by atoms with E-state index in [2.05, 4.69) is 16.0 Å². The molecule has 1 unspecified atom stereocenters. The van der Waals surface area contributed by atoms with E-state index < -0.39 is 23.7 Å². The Bertz CT molecular complexity index is 796. The Labute approximate surface area is 150 Å². The van der Waals surface area contributed by atoms with Crippen LogP contribution in [0, 0.1) is 11.6 Å². The molecular formula is C19H21F2N3O2. The second-order valence-corrected chi connectivity index (χ2v) is 5.78. The predicted octanol–water partition coefficient (Wildman–Crippen LogP) is 3.53. The number of para-hydroxylation sites is 1. The summed E-state index contributed by atoms with van der Waals surface area (Å²) >= 11 is 0. The number of aryl methyl sites for hydroxylation is 1. The summed E-state index contributed by atoms with van der Waals surface area (Å²) in [5, 5.41) is 7.75. The highest BCUT2D eigenvalue weighted by Gasteiger charge is 2.13.